The Kier molecular flexibility index (Phi) is 4.71. The zero-order valence-electron chi connectivity index (χ0n) is 7.83. The summed E-state index contributed by atoms with van der Waals surface area (Å²) in [5.41, 5.74) is 0.616. The molecule has 0 bridgehead atoms. The molecule has 1 N–H and O–H groups in total. The van der Waals surface area contributed by atoms with E-state index in [1.165, 1.54) is 25.9 Å². The molecular weight excluding hydrogens is 122 g/mol. The average molecular weight is 145 g/mol. The molecule has 64 valence electrons. The predicted octanol–water partition coefficient (Wildman–Crippen LogP) is 2.67. The summed E-state index contributed by atoms with van der Waals surface area (Å²) >= 11 is 0. The van der Waals surface area contributed by atoms with E-state index < -0.39 is 0 Å². The van der Waals surface area contributed by atoms with Gasteiger partial charge in [-0.15, -0.1) is 0 Å². The summed E-state index contributed by atoms with van der Waals surface area (Å²) < 4.78 is 0. The largest absolute Gasteiger partial charge is 0.317 e. The summed E-state index contributed by atoms with van der Waals surface area (Å²) in [6, 6.07) is 0. The van der Waals surface area contributed by atoms with Crippen LogP contribution in [0.4, 0.5) is 0 Å². The van der Waals surface area contributed by atoms with Gasteiger partial charge in [0.1, 0.15) is 0 Å². The van der Waals surface area contributed by atoms with E-state index in [0.717, 1.165) is 0 Å². The normalized spacial score (nSPS) is 22.8. The van der Waals surface area contributed by atoms with E-state index in [2.05, 4.69) is 19.2 Å². The highest BCUT2D eigenvalue weighted by molar-refractivity contribution is 4.75. The maximum Gasteiger partial charge on any atom is 0 e. The fraction of sp³-hybridized carbons (Fsp3) is 1.00. The molecule has 0 aliphatic carbocycles. The van der Waals surface area contributed by atoms with E-state index in [4.69, 9.17) is 0 Å². The van der Waals surface area contributed by atoms with Crippen LogP contribution in [0.15, 0.2) is 0 Å². The van der Waals surface area contributed by atoms with Crippen LogP contribution >= 0.6 is 0 Å². The van der Waals surface area contributed by atoms with Crippen molar-refractivity contribution in [2.24, 2.45) is 5.41 Å². The molecule has 0 radical (unpaired) electrons. The van der Waals surface area contributed by atoms with Crippen molar-refractivity contribution in [3.05, 3.63) is 0 Å². The van der Waals surface area contributed by atoms with Crippen molar-refractivity contribution in [3.8, 4) is 0 Å². The molecular formula is C9H23N. The maximum atomic E-state index is 3.34. The van der Waals surface area contributed by atoms with Gasteiger partial charge in [0.15, 0.2) is 0 Å². The lowest BCUT2D eigenvalue weighted by Gasteiger charge is -2.29. The van der Waals surface area contributed by atoms with Crippen LogP contribution in [0.1, 0.15) is 42.0 Å². The van der Waals surface area contributed by atoms with Gasteiger partial charge in [-0.1, -0.05) is 27.7 Å². The molecule has 1 heteroatoms. The Morgan fingerprint density at radius 1 is 1.10 bits per heavy atom. The lowest BCUT2D eigenvalue weighted by atomic mass is 9.83. The molecule has 1 aliphatic rings. The van der Waals surface area contributed by atoms with Gasteiger partial charge in [-0.2, -0.15) is 0 Å². The Balaban J connectivity index is 0. The Bertz CT molecular complexity index is 73.6. The SMILES string of the molecule is CC.CC1(C)CCNCC1.[HH]. The highest BCUT2D eigenvalue weighted by Gasteiger charge is 2.19. The quantitative estimate of drug-likeness (QED) is 0.552. The second-order valence-electron chi connectivity index (χ2n) is 3.41. The minimum Gasteiger partial charge on any atom is -0.317 e. The van der Waals surface area contributed by atoms with Crippen molar-refractivity contribution in [3.63, 3.8) is 0 Å². The summed E-state index contributed by atoms with van der Waals surface area (Å²) in [6.45, 7) is 11.1. The first-order chi connectivity index (χ1) is 4.71. The molecule has 0 atom stereocenters. The molecule has 1 nitrogen and oxygen atoms in total. The molecule has 0 saturated carbocycles. The molecule has 0 spiro atoms. The molecule has 1 aliphatic heterocycles. The van der Waals surface area contributed by atoms with Crippen molar-refractivity contribution in [1.29, 1.82) is 0 Å². The highest BCUT2D eigenvalue weighted by Crippen LogP contribution is 2.25. The summed E-state index contributed by atoms with van der Waals surface area (Å²) in [4.78, 5) is 0. The average Bonchev–Trinajstić information content (AvgIpc) is 1.92. The first kappa shape index (κ1) is 9.96. The summed E-state index contributed by atoms with van der Waals surface area (Å²) in [7, 11) is 0. The minimum absolute atomic E-state index is 0. The van der Waals surface area contributed by atoms with E-state index in [1.54, 1.807) is 0 Å². The van der Waals surface area contributed by atoms with Gasteiger partial charge in [-0.25, -0.2) is 0 Å². The summed E-state index contributed by atoms with van der Waals surface area (Å²) in [5, 5.41) is 3.34. The van der Waals surface area contributed by atoms with Crippen LogP contribution in [0.2, 0.25) is 0 Å². The second-order valence-corrected chi connectivity index (χ2v) is 3.41. The fourth-order valence-electron chi connectivity index (χ4n) is 1.10. The van der Waals surface area contributed by atoms with Crippen molar-refractivity contribution in [2.75, 3.05) is 13.1 Å². The lowest BCUT2D eigenvalue weighted by molar-refractivity contribution is 0.259. The first-order valence-corrected chi connectivity index (χ1v) is 4.41. The molecule has 1 fully saturated rings. The van der Waals surface area contributed by atoms with Gasteiger partial charge in [0.2, 0.25) is 0 Å². The van der Waals surface area contributed by atoms with E-state index >= 15 is 0 Å². The molecule has 0 aromatic rings. The monoisotopic (exact) mass is 145 g/mol. The van der Waals surface area contributed by atoms with Gasteiger partial charge in [0, 0.05) is 1.43 Å². The molecule has 0 amide bonds. The molecule has 10 heavy (non-hydrogen) atoms. The van der Waals surface area contributed by atoms with Gasteiger partial charge in [0.05, 0.1) is 0 Å². The standard InChI is InChI=1S/C7H15N.C2H6.H2/c1-7(2)3-5-8-6-4-7;1-2;/h8H,3-6H2,1-2H3;1-2H3;1H. The summed E-state index contributed by atoms with van der Waals surface area (Å²) in [6.07, 6.45) is 2.68. The number of rotatable bonds is 0. The lowest BCUT2D eigenvalue weighted by Crippen LogP contribution is -2.32. The molecule has 0 aromatic carbocycles. The highest BCUT2D eigenvalue weighted by atomic mass is 14.9. The van der Waals surface area contributed by atoms with Crippen LogP contribution in [-0.4, -0.2) is 13.1 Å². The van der Waals surface area contributed by atoms with Crippen molar-refractivity contribution in [1.82, 2.24) is 5.32 Å². The van der Waals surface area contributed by atoms with Crippen LogP contribution in [0.5, 0.6) is 0 Å². The van der Waals surface area contributed by atoms with Crippen molar-refractivity contribution >= 4 is 0 Å². The maximum absolute atomic E-state index is 3.34. The number of hydrogen-bond donors (Lipinski definition) is 1. The minimum atomic E-state index is 0. The molecule has 0 aromatic heterocycles. The Labute approximate surface area is 66.7 Å². The number of nitrogens with one attached hydrogen (secondary N) is 1. The Hall–Kier alpha value is -0.0400. The van der Waals surface area contributed by atoms with E-state index in [9.17, 15) is 0 Å². The fourth-order valence-corrected chi connectivity index (χ4v) is 1.10. The third-order valence-electron chi connectivity index (χ3n) is 1.96. The third kappa shape index (κ3) is 3.89. The summed E-state index contributed by atoms with van der Waals surface area (Å²) in [5.74, 6) is 0. The first-order valence-electron chi connectivity index (χ1n) is 4.41. The molecule has 0 unspecified atom stereocenters. The van der Waals surface area contributed by atoms with Crippen LogP contribution < -0.4 is 5.32 Å². The van der Waals surface area contributed by atoms with E-state index in [0.29, 0.717) is 5.41 Å². The predicted molar refractivity (Wildman–Crippen MR) is 49.3 cm³/mol. The van der Waals surface area contributed by atoms with Crippen LogP contribution in [0.3, 0.4) is 0 Å². The Morgan fingerprint density at radius 3 is 1.70 bits per heavy atom. The Morgan fingerprint density at radius 2 is 1.50 bits per heavy atom. The zero-order chi connectivity index (χ0) is 8.04. The second kappa shape index (κ2) is 4.73. The van der Waals surface area contributed by atoms with Gasteiger partial charge in [-0.05, 0) is 31.3 Å². The van der Waals surface area contributed by atoms with Crippen LogP contribution in [0, 0.1) is 5.41 Å². The zero-order valence-corrected chi connectivity index (χ0v) is 7.83. The number of hydrogen-bond acceptors (Lipinski definition) is 1. The number of piperidine rings is 1. The van der Waals surface area contributed by atoms with E-state index in [1.807, 2.05) is 13.8 Å². The molecule has 1 rings (SSSR count). The topological polar surface area (TPSA) is 12.0 Å². The van der Waals surface area contributed by atoms with Gasteiger partial charge in [0.25, 0.3) is 0 Å². The molecule has 1 heterocycles. The van der Waals surface area contributed by atoms with Gasteiger partial charge >= 0.3 is 0 Å². The molecule has 1 saturated heterocycles. The van der Waals surface area contributed by atoms with Crippen molar-refractivity contribution < 1.29 is 1.43 Å². The van der Waals surface area contributed by atoms with Crippen LogP contribution in [0.25, 0.3) is 0 Å². The van der Waals surface area contributed by atoms with Crippen molar-refractivity contribution in [2.45, 2.75) is 40.5 Å². The van der Waals surface area contributed by atoms with Gasteiger partial charge in [-0.3, -0.25) is 0 Å². The van der Waals surface area contributed by atoms with Gasteiger partial charge < -0.3 is 5.32 Å². The third-order valence-corrected chi connectivity index (χ3v) is 1.96. The van der Waals surface area contributed by atoms with Crippen LogP contribution in [-0.2, 0) is 0 Å². The van der Waals surface area contributed by atoms with E-state index in [-0.39, 0.29) is 1.43 Å². The smallest absolute Gasteiger partial charge is 0 e.